The van der Waals surface area contributed by atoms with Crippen LogP contribution < -0.4 is 4.74 Å². The van der Waals surface area contributed by atoms with Crippen LogP contribution in [0.1, 0.15) is 43.0 Å². The number of phenols is 1. The minimum Gasteiger partial charge on any atom is -0.504 e. The number of phenolic OH excluding ortho intramolecular Hbond substituents is 1. The second kappa shape index (κ2) is 5.44. The molecule has 0 aliphatic rings. The van der Waals surface area contributed by atoms with Crippen LogP contribution in [-0.4, -0.2) is 5.11 Å². The van der Waals surface area contributed by atoms with Gasteiger partial charge in [-0.3, -0.25) is 0 Å². The molecule has 2 rings (SSSR count). The van der Waals surface area contributed by atoms with E-state index in [0.717, 1.165) is 22.4 Å². The first-order chi connectivity index (χ1) is 9.70. The van der Waals surface area contributed by atoms with Crippen molar-refractivity contribution in [3.63, 3.8) is 0 Å². The van der Waals surface area contributed by atoms with Gasteiger partial charge in [0.15, 0.2) is 11.5 Å². The van der Waals surface area contributed by atoms with E-state index in [9.17, 15) is 5.11 Å². The van der Waals surface area contributed by atoms with Gasteiger partial charge in [0, 0.05) is 5.56 Å². The van der Waals surface area contributed by atoms with Crippen molar-refractivity contribution in [3.05, 3.63) is 52.6 Å². The Hall–Kier alpha value is -1.96. The maximum atomic E-state index is 10.2. The summed E-state index contributed by atoms with van der Waals surface area (Å²) in [6.45, 7) is 12.5. The molecule has 21 heavy (non-hydrogen) atoms. The van der Waals surface area contributed by atoms with E-state index in [2.05, 4.69) is 39.8 Å². The molecule has 0 amide bonds. The molecule has 1 N–H and O–H groups in total. The summed E-state index contributed by atoms with van der Waals surface area (Å²) < 4.78 is 6.08. The molecule has 0 fully saturated rings. The predicted molar refractivity (Wildman–Crippen MR) is 87.5 cm³/mol. The van der Waals surface area contributed by atoms with Crippen molar-refractivity contribution in [1.82, 2.24) is 0 Å². The van der Waals surface area contributed by atoms with Crippen LogP contribution in [-0.2, 0) is 5.41 Å². The molecule has 0 saturated carbocycles. The first-order valence-electron chi connectivity index (χ1n) is 7.28. The first kappa shape index (κ1) is 15.4. The monoisotopic (exact) mass is 284 g/mol. The predicted octanol–water partition coefficient (Wildman–Crippen LogP) is 5.41. The van der Waals surface area contributed by atoms with E-state index in [1.165, 1.54) is 5.56 Å². The van der Waals surface area contributed by atoms with E-state index in [1.54, 1.807) is 6.07 Å². The third kappa shape index (κ3) is 3.21. The first-order valence-corrected chi connectivity index (χ1v) is 7.28. The molecular formula is C19H24O2. The quantitative estimate of drug-likeness (QED) is 0.799. The highest BCUT2D eigenvalue weighted by molar-refractivity contribution is 5.52. The number of para-hydroxylation sites is 1. The minimum absolute atomic E-state index is 0.0223. The van der Waals surface area contributed by atoms with Crippen LogP contribution in [0.4, 0.5) is 0 Å². The lowest BCUT2D eigenvalue weighted by atomic mass is 9.84. The van der Waals surface area contributed by atoms with Gasteiger partial charge in [-0.25, -0.2) is 0 Å². The molecule has 2 nitrogen and oxygen atoms in total. The molecule has 0 aliphatic heterocycles. The lowest BCUT2D eigenvalue weighted by Crippen LogP contribution is -2.13. The van der Waals surface area contributed by atoms with Crippen LogP contribution in [0.2, 0.25) is 0 Å². The number of benzene rings is 2. The Labute approximate surface area is 127 Å². The average Bonchev–Trinajstić information content (AvgIpc) is 2.36. The van der Waals surface area contributed by atoms with Crippen LogP contribution >= 0.6 is 0 Å². The number of hydrogen-bond donors (Lipinski definition) is 1. The molecule has 2 aromatic carbocycles. The van der Waals surface area contributed by atoms with E-state index in [0.29, 0.717) is 5.75 Å². The summed E-state index contributed by atoms with van der Waals surface area (Å²) >= 11 is 0. The van der Waals surface area contributed by atoms with E-state index >= 15 is 0 Å². The topological polar surface area (TPSA) is 29.5 Å². The van der Waals surface area contributed by atoms with Gasteiger partial charge < -0.3 is 9.84 Å². The summed E-state index contributed by atoms with van der Waals surface area (Å²) in [7, 11) is 0. The third-order valence-corrected chi connectivity index (χ3v) is 3.64. The van der Waals surface area contributed by atoms with Gasteiger partial charge in [0.05, 0.1) is 0 Å². The Balaban J connectivity index is 2.56. The Bertz CT molecular complexity index is 664. The van der Waals surface area contributed by atoms with E-state index in [1.807, 2.05) is 26.0 Å². The van der Waals surface area contributed by atoms with Gasteiger partial charge in [0.1, 0.15) is 5.75 Å². The van der Waals surface area contributed by atoms with Crippen molar-refractivity contribution in [2.75, 3.05) is 0 Å². The average molecular weight is 284 g/mol. The summed E-state index contributed by atoms with van der Waals surface area (Å²) in [5.74, 6) is 1.55. The molecule has 0 atom stereocenters. The van der Waals surface area contributed by atoms with Gasteiger partial charge in [-0.1, -0.05) is 50.6 Å². The van der Waals surface area contributed by atoms with Crippen molar-refractivity contribution in [2.45, 2.75) is 47.0 Å². The fourth-order valence-corrected chi connectivity index (χ4v) is 2.47. The van der Waals surface area contributed by atoms with Crippen LogP contribution in [0, 0.1) is 20.8 Å². The van der Waals surface area contributed by atoms with Gasteiger partial charge in [-0.2, -0.15) is 0 Å². The molecule has 0 bridgehead atoms. The molecule has 0 aromatic heterocycles. The Kier molecular flexibility index (Phi) is 3.99. The largest absolute Gasteiger partial charge is 0.504 e. The van der Waals surface area contributed by atoms with Crippen molar-refractivity contribution in [2.24, 2.45) is 0 Å². The summed E-state index contributed by atoms with van der Waals surface area (Å²) in [5.41, 5.74) is 4.25. The summed E-state index contributed by atoms with van der Waals surface area (Å²) in [4.78, 5) is 0. The van der Waals surface area contributed by atoms with Gasteiger partial charge in [-0.05, 0) is 43.4 Å². The zero-order chi connectivity index (χ0) is 15.8. The summed E-state index contributed by atoms with van der Waals surface area (Å²) in [6, 6.07) is 9.83. The zero-order valence-electron chi connectivity index (χ0n) is 13.7. The van der Waals surface area contributed by atoms with Gasteiger partial charge in [0.2, 0.25) is 0 Å². The molecule has 0 radical (unpaired) electrons. The molecule has 2 aromatic rings. The Morgan fingerprint density at radius 2 is 1.62 bits per heavy atom. The fraction of sp³-hybridized carbons (Fsp3) is 0.368. The number of aryl methyl sites for hydroxylation is 3. The molecule has 112 valence electrons. The van der Waals surface area contributed by atoms with E-state index < -0.39 is 0 Å². The van der Waals surface area contributed by atoms with Crippen molar-refractivity contribution in [1.29, 1.82) is 0 Å². The number of rotatable bonds is 2. The lowest BCUT2D eigenvalue weighted by molar-refractivity contribution is 0.398. The number of aromatic hydroxyl groups is 1. The molecule has 2 heteroatoms. The Morgan fingerprint density at radius 3 is 2.24 bits per heavy atom. The maximum Gasteiger partial charge on any atom is 0.169 e. The fourth-order valence-electron chi connectivity index (χ4n) is 2.47. The molecule has 0 saturated heterocycles. The number of ether oxygens (including phenoxy) is 1. The van der Waals surface area contributed by atoms with Crippen LogP contribution in [0.25, 0.3) is 0 Å². The smallest absolute Gasteiger partial charge is 0.169 e. The van der Waals surface area contributed by atoms with Crippen LogP contribution in [0.3, 0.4) is 0 Å². The molecule has 0 heterocycles. The summed E-state index contributed by atoms with van der Waals surface area (Å²) in [6.07, 6.45) is 0. The third-order valence-electron chi connectivity index (χ3n) is 3.64. The standard InChI is InChI=1S/C19H24O2/c1-12-10-14(3)18(15(11-12)19(4,5)6)21-16-9-7-8-13(2)17(16)20/h7-11,20H,1-6H3. The molecule has 0 aliphatic carbocycles. The molecular weight excluding hydrogens is 260 g/mol. The maximum absolute atomic E-state index is 10.2. The summed E-state index contributed by atoms with van der Waals surface area (Å²) in [5, 5.41) is 10.2. The minimum atomic E-state index is -0.0223. The number of hydrogen-bond acceptors (Lipinski definition) is 2. The highest BCUT2D eigenvalue weighted by Crippen LogP contribution is 2.40. The van der Waals surface area contributed by atoms with Crippen LogP contribution in [0.5, 0.6) is 17.2 Å². The lowest BCUT2D eigenvalue weighted by Gasteiger charge is -2.25. The van der Waals surface area contributed by atoms with Crippen molar-refractivity contribution in [3.8, 4) is 17.2 Å². The second-order valence-corrected chi connectivity index (χ2v) is 6.73. The van der Waals surface area contributed by atoms with Gasteiger partial charge in [0.25, 0.3) is 0 Å². The molecule has 0 spiro atoms. The van der Waals surface area contributed by atoms with E-state index in [4.69, 9.17) is 4.74 Å². The van der Waals surface area contributed by atoms with Crippen molar-refractivity contribution >= 4 is 0 Å². The van der Waals surface area contributed by atoms with Gasteiger partial charge in [-0.15, -0.1) is 0 Å². The highest BCUT2D eigenvalue weighted by atomic mass is 16.5. The van der Waals surface area contributed by atoms with E-state index in [-0.39, 0.29) is 11.2 Å². The van der Waals surface area contributed by atoms with Gasteiger partial charge >= 0.3 is 0 Å². The Morgan fingerprint density at radius 1 is 0.952 bits per heavy atom. The SMILES string of the molecule is Cc1cc(C)c(Oc2cccc(C)c2O)c(C(C)(C)C)c1. The van der Waals surface area contributed by atoms with Crippen LogP contribution in [0.15, 0.2) is 30.3 Å². The zero-order valence-corrected chi connectivity index (χ0v) is 13.7. The normalized spacial score (nSPS) is 11.5. The second-order valence-electron chi connectivity index (χ2n) is 6.73. The van der Waals surface area contributed by atoms with Crippen molar-refractivity contribution < 1.29 is 9.84 Å². The molecule has 0 unspecified atom stereocenters. The highest BCUT2D eigenvalue weighted by Gasteiger charge is 2.22.